The number of rotatable bonds is 2. The van der Waals surface area contributed by atoms with Gasteiger partial charge in [-0.25, -0.2) is 10.8 Å². The van der Waals surface area contributed by atoms with Gasteiger partial charge < -0.3 is 5.43 Å². The predicted octanol–water partition coefficient (Wildman–Crippen LogP) is 1.91. The molecule has 1 saturated carbocycles. The van der Waals surface area contributed by atoms with Crippen molar-refractivity contribution in [2.45, 2.75) is 24.9 Å². The predicted molar refractivity (Wildman–Crippen MR) is 57.8 cm³/mol. The molecule has 0 saturated heterocycles. The maximum Gasteiger partial charge on any atom is 0.433 e. The fraction of sp³-hybridized carbons (Fsp3) is 0.400. The molecule has 2 heterocycles. The molecule has 1 aliphatic rings. The number of nitrogens with two attached hydrogens (primary N) is 1. The highest BCUT2D eigenvalue weighted by Crippen LogP contribution is 2.40. The van der Waals surface area contributed by atoms with Gasteiger partial charge in [0.1, 0.15) is 5.82 Å². The Morgan fingerprint density at radius 1 is 1.33 bits per heavy atom. The number of hydrogen-bond acceptors (Lipinski definition) is 4. The average molecular weight is 257 g/mol. The van der Waals surface area contributed by atoms with Crippen molar-refractivity contribution in [1.29, 1.82) is 0 Å². The Hall–Kier alpha value is -1.83. The molecule has 3 rings (SSSR count). The summed E-state index contributed by atoms with van der Waals surface area (Å²) in [6.07, 6.45) is -2.47. The van der Waals surface area contributed by atoms with Crippen molar-refractivity contribution >= 4 is 11.5 Å². The molecule has 8 heteroatoms. The van der Waals surface area contributed by atoms with Crippen molar-refractivity contribution in [3.63, 3.8) is 0 Å². The highest BCUT2D eigenvalue weighted by molar-refractivity contribution is 5.51. The van der Waals surface area contributed by atoms with Crippen molar-refractivity contribution in [3.8, 4) is 0 Å². The van der Waals surface area contributed by atoms with Gasteiger partial charge in [0.25, 0.3) is 0 Å². The Morgan fingerprint density at radius 3 is 2.61 bits per heavy atom. The lowest BCUT2D eigenvalue weighted by Gasteiger charge is -2.09. The summed E-state index contributed by atoms with van der Waals surface area (Å²) in [5.74, 6) is 5.63. The maximum absolute atomic E-state index is 12.6. The van der Waals surface area contributed by atoms with Crippen LogP contribution in [0.2, 0.25) is 0 Å². The van der Waals surface area contributed by atoms with Crippen molar-refractivity contribution in [2.75, 3.05) is 5.43 Å². The molecule has 5 nitrogen and oxygen atoms in total. The lowest BCUT2D eigenvalue weighted by atomic mass is 10.3. The van der Waals surface area contributed by atoms with Crippen LogP contribution in [0.3, 0.4) is 0 Å². The van der Waals surface area contributed by atoms with Crippen LogP contribution in [-0.4, -0.2) is 14.6 Å². The third kappa shape index (κ3) is 1.78. The fourth-order valence-corrected chi connectivity index (χ4v) is 1.82. The van der Waals surface area contributed by atoms with E-state index in [-0.39, 0.29) is 11.5 Å². The van der Waals surface area contributed by atoms with E-state index in [1.54, 1.807) is 6.07 Å². The third-order valence-corrected chi connectivity index (χ3v) is 2.88. The van der Waals surface area contributed by atoms with Crippen LogP contribution in [0.4, 0.5) is 19.0 Å². The number of halogens is 3. The molecule has 0 aliphatic heterocycles. The number of hydrazine groups is 1. The fourth-order valence-electron chi connectivity index (χ4n) is 1.82. The molecule has 1 fully saturated rings. The highest BCUT2D eigenvalue weighted by Gasteiger charge is 2.34. The summed E-state index contributed by atoms with van der Waals surface area (Å²) in [5, 5.41) is 4.21. The van der Waals surface area contributed by atoms with E-state index in [0.717, 1.165) is 24.6 Å². The summed E-state index contributed by atoms with van der Waals surface area (Å²) in [6.45, 7) is 0. The number of aromatic nitrogens is 3. The van der Waals surface area contributed by atoms with Crippen molar-refractivity contribution in [2.24, 2.45) is 5.84 Å². The number of nitrogen functional groups attached to an aromatic ring is 1. The topological polar surface area (TPSA) is 68.2 Å². The van der Waals surface area contributed by atoms with Crippen LogP contribution in [0.5, 0.6) is 0 Å². The zero-order chi connectivity index (χ0) is 12.9. The second kappa shape index (κ2) is 3.58. The van der Waals surface area contributed by atoms with Crippen molar-refractivity contribution in [1.82, 2.24) is 14.6 Å². The lowest BCUT2D eigenvalue weighted by Crippen LogP contribution is -2.16. The minimum atomic E-state index is -4.50. The van der Waals surface area contributed by atoms with E-state index in [9.17, 15) is 13.2 Å². The second-order valence-corrected chi connectivity index (χ2v) is 4.28. The second-order valence-electron chi connectivity index (χ2n) is 4.28. The molecule has 18 heavy (non-hydrogen) atoms. The summed E-state index contributed by atoms with van der Waals surface area (Å²) in [5.41, 5.74) is 2.15. The first kappa shape index (κ1) is 11.3. The first-order valence-electron chi connectivity index (χ1n) is 5.43. The molecule has 0 amide bonds. The van der Waals surface area contributed by atoms with E-state index in [2.05, 4.69) is 15.5 Å². The molecular formula is C10H10F3N5. The van der Waals surface area contributed by atoms with E-state index < -0.39 is 11.9 Å². The van der Waals surface area contributed by atoms with Gasteiger partial charge in [-0.3, -0.25) is 0 Å². The number of fused-ring (bicyclic) bond motifs is 1. The van der Waals surface area contributed by atoms with Crippen LogP contribution in [-0.2, 0) is 6.18 Å². The number of anilines is 1. The molecular weight excluding hydrogens is 247 g/mol. The number of alkyl halides is 3. The van der Waals surface area contributed by atoms with Gasteiger partial charge in [0, 0.05) is 18.1 Å². The van der Waals surface area contributed by atoms with Gasteiger partial charge in [0.05, 0.1) is 5.69 Å². The Labute approximate surface area is 99.8 Å². The van der Waals surface area contributed by atoms with Crippen LogP contribution in [0, 0.1) is 0 Å². The summed E-state index contributed by atoms with van der Waals surface area (Å²) in [4.78, 5) is 3.57. The summed E-state index contributed by atoms with van der Waals surface area (Å²) in [6, 6.07) is 2.42. The van der Waals surface area contributed by atoms with Crippen molar-refractivity contribution in [3.05, 3.63) is 23.5 Å². The minimum Gasteiger partial charge on any atom is -0.308 e. The van der Waals surface area contributed by atoms with Gasteiger partial charge in [0.15, 0.2) is 11.3 Å². The highest BCUT2D eigenvalue weighted by atomic mass is 19.4. The van der Waals surface area contributed by atoms with Crippen LogP contribution in [0.15, 0.2) is 12.1 Å². The zero-order valence-electron chi connectivity index (χ0n) is 9.20. The molecule has 0 atom stereocenters. The largest absolute Gasteiger partial charge is 0.433 e. The average Bonchev–Trinajstić information content (AvgIpc) is 3.06. The van der Waals surface area contributed by atoms with Crippen molar-refractivity contribution < 1.29 is 13.2 Å². The molecule has 3 N–H and O–H groups in total. The SMILES string of the molecule is NNc1cc(C(F)(F)F)nc2cc(C3CC3)nn12. The van der Waals surface area contributed by atoms with Gasteiger partial charge in [-0.15, -0.1) is 0 Å². The molecule has 0 spiro atoms. The lowest BCUT2D eigenvalue weighted by molar-refractivity contribution is -0.141. The Kier molecular flexibility index (Phi) is 2.24. The Morgan fingerprint density at radius 2 is 2.06 bits per heavy atom. The molecule has 96 valence electrons. The normalized spacial score (nSPS) is 16.2. The van der Waals surface area contributed by atoms with E-state index in [0.29, 0.717) is 5.92 Å². The Balaban J connectivity index is 2.19. The van der Waals surface area contributed by atoms with Gasteiger partial charge in [-0.1, -0.05) is 0 Å². The zero-order valence-corrected chi connectivity index (χ0v) is 9.20. The number of hydrogen-bond donors (Lipinski definition) is 2. The molecule has 0 bridgehead atoms. The molecule has 0 unspecified atom stereocenters. The number of nitrogens with zero attached hydrogens (tertiary/aromatic N) is 3. The standard InChI is InChI=1S/C10H10F3N5/c11-10(12,13)7-4-9(16-14)18-8(15-7)3-6(17-18)5-1-2-5/h3-5,16H,1-2,14H2. The first-order valence-corrected chi connectivity index (χ1v) is 5.43. The van der Waals surface area contributed by atoms with E-state index in [4.69, 9.17) is 5.84 Å². The van der Waals surface area contributed by atoms with Gasteiger partial charge >= 0.3 is 6.18 Å². The number of nitrogens with one attached hydrogen (secondary N) is 1. The summed E-state index contributed by atoms with van der Waals surface area (Å²) < 4.78 is 39.2. The van der Waals surface area contributed by atoms with E-state index in [1.165, 1.54) is 4.52 Å². The van der Waals surface area contributed by atoms with Crippen LogP contribution in [0.25, 0.3) is 5.65 Å². The maximum atomic E-state index is 12.6. The molecule has 2 aromatic rings. The van der Waals surface area contributed by atoms with Gasteiger partial charge in [-0.2, -0.15) is 22.8 Å². The Bertz CT molecular complexity index is 599. The molecule has 2 aromatic heterocycles. The molecule has 1 aliphatic carbocycles. The first-order chi connectivity index (χ1) is 8.49. The van der Waals surface area contributed by atoms with Crippen LogP contribution >= 0.6 is 0 Å². The van der Waals surface area contributed by atoms with E-state index in [1.807, 2.05) is 0 Å². The van der Waals surface area contributed by atoms with Crippen LogP contribution < -0.4 is 11.3 Å². The van der Waals surface area contributed by atoms with Gasteiger partial charge in [-0.05, 0) is 12.8 Å². The summed E-state index contributed by atoms with van der Waals surface area (Å²) in [7, 11) is 0. The quantitative estimate of drug-likeness (QED) is 0.637. The smallest absolute Gasteiger partial charge is 0.308 e. The third-order valence-electron chi connectivity index (χ3n) is 2.88. The monoisotopic (exact) mass is 257 g/mol. The summed E-state index contributed by atoms with van der Waals surface area (Å²) >= 11 is 0. The van der Waals surface area contributed by atoms with Gasteiger partial charge in [0.2, 0.25) is 0 Å². The minimum absolute atomic E-state index is 0.0687. The molecule has 0 radical (unpaired) electrons. The van der Waals surface area contributed by atoms with Crippen LogP contribution in [0.1, 0.15) is 30.1 Å². The molecule has 0 aromatic carbocycles. The van der Waals surface area contributed by atoms with E-state index >= 15 is 0 Å².